The molecule has 0 bridgehead atoms. The third-order valence-electron chi connectivity index (χ3n) is 3.61. The maximum atomic E-state index is 4.31. The number of nitrogens with one attached hydrogen (secondary N) is 2. The van der Waals surface area contributed by atoms with E-state index in [-0.39, 0.29) is 0 Å². The van der Waals surface area contributed by atoms with Gasteiger partial charge < -0.3 is 0 Å². The summed E-state index contributed by atoms with van der Waals surface area (Å²) in [6.45, 7) is 8.00. The van der Waals surface area contributed by atoms with Crippen molar-refractivity contribution in [2.24, 2.45) is 0 Å². The average molecular weight is 543 g/mol. The van der Waals surface area contributed by atoms with Gasteiger partial charge in [0.05, 0.1) is 0 Å². The Bertz CT molecular complexity index is 850. The van der Waals surface area contributed by atoms with Gasteiger partial charge in [0.25, 0.3) is 0 Å². The maximum absolute atomic E-state index is 4.31. The second-order valence-corrected chi connectivity index (χ2v) is 13.3. The van der Waals surface area contributed by atoms with Gasteiger partial charge in [-0.05, 0) is 21.9 Å². The first-order chi connectivity index (χ1) is 15.8. The van der Waals surface area contributed by atoms with E-state index in [4.69, 9.17) is 0 Å². The molecule has 32 heavy (non-hydrogen) atoms. The fraction of sp³-hybridized carbons (Fsp3) is 0.364. The normalized spacial score (nSPS) is 17.1. The van der Waals surface area contributed by atoms with Gasteiger partial charge in [-0.15, -0.1) is 22.0 Å². The van der Waals surface area contributed by atoms with Crippen molar-refractivity contribution in [3.8, 4) is 0 Å². The zero-order valence-corrected chi connectivity index (χ0v) is 23.6. The van der Waals surface area contributed by atoms with Crippen LogP contribution in [0.2, 0.25) is 0 Å². The summed E-state index contributed by atoms with van der Waals surface area (Å²) in [7, 11) is 3.47. The third-order valence-corrected chi connectivity index (χ3v) is 11.7. The Kier molecular flexibility index (Phi) is 15.0. The third kappa shape index (κ3) is 10.3. The molecule has 0 aliphatic carbocycles. The van der Waals surface area contributed by atoms with Crippen molar-refractivity contribution in [3.05, 3.63) is 71.8 Å². The van der Waals surface area contributed by atoms with Gasteiger partial charge in [-0.3, -0.25) is 0 Å². The number of hydrazine groups is 1. The quantitative estimate of drug-likeness (QED) is 0.207. The van der Waals surface area contributed by atoms with Crippen LogP contribution >= 0.6 is 68.2 Å². The van der Waals surface area contributed by atoms with Crippen molar-refractivity contribution in [2.75, 3.05) is 0 Å². The van der Waals surface area contributed by atoms with Crippen molar-refractivity contribution in [1.82, 2.24) is 21.0 Å². The lowest BCUT2D eigenvalue weighted by atomic mass is 10.2. The summed E-state index contributed by atoms with van der Waals surface area (Å²) in [6, 6.07) is 21.0. The molecule has 2 aromatic carbocycles. The molecule has 2 heterocycles. The molecule has 0 amide bonds. The second kappa shape index (κ2) is 17.2. The van der Waals surface area contributed by atoms with E-state index in [0.717, 1.165) is 20.2 Å². The van der Waals surface area contributed by atoms with Crippen LogP contribution in [0.1, 0.15) is 38.8 Å². The SMILES string of the molecule is CC.CC.c1ccc(CSc2nnc(SSC3NNC(SCc4ccccc4)S3)s2)cc1. The van der Waals surface area contributed by atoms with Crippen LogP contribution in [0.3, 0.4) is 0 Å². The topological polar surface area (TPSA) is 49.8 Å². The Morgan fingerprint density at radius 3 is 1.97 bits per heavy atom. The molecule has 1 saturated heterocycles. The summed E-state index contributed by atoms with van der Waals surface area (Å²) in [5.74, 6) is 1.94. The number of thioether (sulfide) groups is 3. The van der Waals surface area contributed by atoms with Gasteiger partial charge in [0.15, 0.2) is 8.68 Å². The summed E-state index contributed by atoms with van der Waals surface area (Å²) in [4.78, 5) is 0. The highest BCUT2D eigenvalue weighted by molar-refractivity contribution is 8.78. The van der Waals surface area contributed by atoms with Gasteiger partial charge in [-0.1, -0.05) is 134 Å². The van der Waals surface area contributed by atoms with Crippen molar-refractivity contribution >= 4 is 68.2 Å². The summed E-state index contributed by atoms with van der Waals surface area (Å²) >= 11 is 7.21. The van der Waals surface area contributed by atoms with E-state index in [0.29, 0.717) is 9.41 Å². The lowest BCUT2D eigenvalue weighted by Gasteiger charge is -2.08. The highest BCUT2D eigenvalue weighted by Crippen LogP contribution is 2.44. The van der Waals surface area contributed by atoms with Crippen molar-refractivity contribution in [1.29, 1.82) is 0 Å². The van der Waals surface area contributed by atoms with Gasteiger partial charge in [-0.25, -0.2) is 10.9 Å². The van der Waals surface area contributed by atoms with Crippen LogP contribution in [-0.2, 0) is 11.5 Å². The minimum Gasteiger partial charge on any atom is -0.233 e. The molecule has 0 spiro atoms. The Hall–Kier alpha value is -0.330. The van der Waals surface area contributed by atoms with E-state index < -0.39 is 0 Å². The highest BCUT2D eigenvalue weighted by Gasteiger charge is 2.25. The molecule has 1 fully saturated rings. The number of hydrogen-bond donors (Lipinski definition) is 2. The van der Waals surface area contributed by atoms with Gasteiger partial charge in [0.2, 0.25) is 0 Å². The second-order valence-electron chi connectivity index (χ2n) is 5.67. The fourth-order valence-corrected chi connectivity index (χ4v) is 9.65. The van der Waals surface area contributed by atoms with Crippen LogP contribution in [0, 0.1) is 0 Å². The fourth-order valence-electron chi connectivity index (χ4n) is 2.28. The van der Waals surface area contributed by atoms with E-state index in [1.807, 2.05) is 57.3 Å². The van der Waals surface area contributed by atoms with Crippen LogP contribution in [-0.4, -0.2) is 19.6 Å². The number of hydrogen-bond acceptors (Lipinski definition) is 10. The van der Waals surface area contributed by atoms with Crippen molar-refractivity contribution in [3.63, 3.8) is 0 Å². The Balaban J connectivity index is 0.000000860. The largest absolute Gasteiger partial charge is 0.233 e. The first-order valence-corrected chi connectivity index (χ1v) is 16.5. The molecular weight excluding hydrogens is 513 g/mol. The number of aromatic nitrogens is 2. The molecule has 10 heteroatoms. The van der Waals surface area contributed by atoms with Crippen LogP contribution in [0.15, 0.2) is 69.3 Å². The first kappa shape index (κ1) is 27.9. The summed E-state index contributed by atoms with van der Waals surface area (Å²) in [6.07, 6.45) is 0. The summed E-state index contributed by atoms with van der Waals surface area (Å²) in [5.41, 5.74) is 9.38. The lowest BCUT2D eigenvalue weighted by Crippen LogP contribution is -2.30. The van der Waals surface area contributed by atoms with Gasteiger partial charge in [-0.2, -0.15) is 0 Å². The number of benzene rings is 2. The Morgan fingerprint density at radius 2 is 1.31 bits per heavy atom. The zero-order chi connectivity index (χ0) is 23.0. The summed E-state index contributed by atoms with van der Waals surface area (Å²) < 4.78 is 2.67. The molecule has 2 atom stereocenters. The van der Waals surface area contributed by atoms with E-state index in [1.54, 1.807) is 44.7 Å². The smallest absolute Gasteiger partial charge is 0.185 e. The molecule has 1 aliphatic heterocycles. The van der Waals surface area contributed by atoms with Gasteiger partial charge in [0, 0.05) is 11.5 Å². The molecule has 2 N–H and O–H groups in total. The lowest BCUT2D eigenvalue weighted by molar-refractivity contribution is 0.654. The highest BCUT2D eigenvalue weighted by atomic mass is 33.1. The maximum Gasteiger partial charge on any atom is 0.185 e. The van der Waals surface area contributed by atoms with Crippen LogP contribution in [0.4, 0.5) is 0 Å². The Labute approximate surface area is 217 Å². The van der Waals surface area contributed by atoms with Crippen molar-refractivity contribution in [2.45, 2.75) is 57.3 Å². The average Bonchev–Trinajstić information content (AvgIpc) is 3.53. The molecule has 2 unspecified atom stereocenters. The van der Waals surface area contributed by atoms with E-state index >= 15 is 0 Å². The van der Waals surface area contributed by atoms with Crippen LogP contribution in [0.25, 0.3) is 0 Å². The monoisotopic (exact) mass is 542 g/mol. The molecule has 1 aliphatic rings. The number of rotatable bonds is 9. The predicted octanol–water partition coefficient (Wildman–Crippen LogP) is 7.96. The zero-order valence-electron chi connectivity index (χ0n) is 18.7. The molecule has 1 aromatic heterocycles. The molecule has 174 valence electrons. The van der Waals surface area contributed by atoms with E-state index in [2.05, 4.69) is 75.6 Å². The van der Waals surface area contributed by atoms with E-state index in [1.165, 1.54) is 11.1 Å². The number of nitrogens with zero attached hydrogens (tertiary/aromatic N) is 2. The first-order valence-electron chi connectivity index (χ1n) is 10.5. The van der Waals surface area contributed by atoms with E-state index in [9.17, 15) is 0 Å². The van der Waals surface area contributed by atoms with Gasteiger partial charge in [0.1, 0.15) is 9.41 Å². The minimum absolute atomic E-state index is 0.294. The van der Waals surface area contributed by atoms with Crippen LogP contribution < -0.4 is 10.9 Å². The molecule has 3 aromatic rings. The molecule has 4 nitrogen and oxygen atoms in total. The predicted molar refractivity (Wildman–Crippen MR) is 151 cm³/mol. The van der Waals surface area contributed by atoms with Crippen molar-refractivity contribution < 1.29 is 0 Å². The minimum atomic E-state index is 0.294. The molecular formula is C22H30N4S6. The molecule has 4 rings (SSSR count). The van der Waals surface area contributed by atoms with Crippen LogP contribution in [0.5, 0.6) is 0 Å². The van der Waals surface area contributed by atoms with Gasteiger partial charge >= 0.3 is 0 Å². The summed E-state index contributed by atoms with van der Waals surface area (Å²) in [5, 5.41) is 8.62. The molecule has 0 saturated carbocycles. The Morgan fingerprint density at radius 1 is 0.750 bits per heavy atom. The standard InChI is InChI=1S/C18H18N4S6.2C2H6/c1-3-7-13(8-4-1)11-23-15-19-21-17(25-15)27-28-18-22-20-16(26-18)24-12-14-9-5-2-6-10-14;2*1-2/h1-10,15,17,19,21H,11-12H2;2*1-2H3. The molecule has 0 radical (unpaired) electrons.